The van der Waals surface area contributed by atoms with Crippen LogP contribution in [-0.2, 0) is 0 Å². The topological polar surface area (TPSA) is 12.0 Å². The van der Waals surface area contributed by atoms with Gasteiger partial charge in [0, 0.05) is 6.04 Å². The average Bonchev–Trinajstić information content (AvgIpc) is 2.33. The minimum Gasteiger partial charge on any atom is -0.314 e. The first-order valence-corrected chi connectivity index (χ1v) is 3.11. The predicted molar refractivity (Wildman–Crippen MR) is 29.1 cm³/mol. The molecule has 0 aromatic carbocycles. The monoisotopic (exact) mass is 97.1 g/mol. The van der Waals surface area contributed by atoms with Gasteiger partial charge in [-0.1, -0.05) is 0 Å². The molecule has 3 atom stereocenters. The van der Waals surface area contributed by atoms with Gasteiger partial charge < -0.3 is 5.32 Å². The van der Waals surface area contributed by atoms with Crippen molar-refractivity contribution in [3.05, 3.63) is 0 Å². The number of hydrogen-bond acceptors (Lipinski definition) is 1. The zero-order valence-electron chi connectivity index (χ0n) is 4.65. The van der Waals surface area contributed by atoms with Crippen LogP contribution in [-0.4, -0.2) is 12.6 Å². The molecule has 0 radical (unpaired) electrons. The molecule has 0 bridgehead atoms. The van der Waals surface area contributed by atoms with Gasteiger partial charge in [-0.2, -0.15) is 0 Å². The maximum atomic E-state index is 3.42. The molecule has 1 aliphatic carbocycles. The Bertz CT molecular complexity index is 90.2. The molecule has 1 heteroatoms. The molecule has 2 aliphatic rings. The molecule has 1 N–H and O–H groups in total. The van der Waals surface area contributed by atoms with Crippen LogP contribution >= 0.6 is 0 Å². The van der Waals surface area contributed by atoms with E-state index < -0.39 is 0 Å². The highest BCUT2D eigenvalue weighted by molar-refractivity contribution is 5.00. The molecule has 2 fully saturated rings. The van der Waals surface area contributed by atoms with Gasteiger partial charge in [0.15, 0.2) is 0 Å². The minimum atomic E-state index is 0.838. The quantitative estimate of drug-likeness (QED) is 0.467. The molecule has 0 aromatic heterocycles. The normalized spacial score (nSPS) is 57.0. The van der Waals surface area contributed by atoms with E-state index >= 15 is 0 Å². The van der Waals surface area contributed by atoms with Crippen LogP contribution in [0.15, 0.2) is 0 Å². The summed E-state index contributed by atoms with van der Waals surface area (Å²) in [5, 5.41) is 3.42. The number of piperidine rings is 1. The summed E-state index contributed by atoms with van der Waals surface area (Å²) in [5.74, 6) is 2.15. The van der Waals surface area contributed by atoms with E-state index in [1.807, 2.05) is 0 Å². The molecule has 1 saturated heterocycles. The summed E-state index contributed by atoms with van der Waals surface area (Å²) in [7, 11) is 0. The molecule has 40 valence electrons. The Morgan fingerprint density at radius 1 is 1.57 bits per heavy atom. The number of rotatable bonds is 0. The second-order valence-electron chi connectivity index (χ2n) is 2.86. The second-order valence-corrected chi connectivity index (χ2v) is 2.86. The van der Waals surface area contributed by atoms with Gasteiger partial charge in [-0.05, 0) is 31.7 Å². The first-order chi connectivity index (χ1) is 3.38. The summed E-state index contributed by atoms with van der Waals surface area (Å²) in [6, 6.07) is 0.838. The van der Waals surface area contributed by atoms with Crippen molar-refractivity contribution < 1.29 is 0 Å². The van der Waals surface area contributed by atoms with E-state index in [0.29, 0.717) is 0 Å². The lowest BCUT2D eigenvalue weighted by molar-refractivity contribution is 0.579. The average molecular weight is 97.2 g/mol. The van der Waals surface area contributed by atoms with Gasteiger partial charge in [-0.15, -0.1) is 0 Å². The standard InChI is InChI=1S/C6H11N/c1-4-6-2-5(6)3-7-4/h4-7H,2-3H2,1H3/t4-,5+,6-/m0/s1. The van der Waals surface area contributed by atoms with Crippen LogP contribution in [0.2, 0.25) is 0 Å². The highest BCUT2D eigenvalue weighted by atomic mass is 15.0. The highest BCUT2D eigenvalue weighted by Crippen LogP contribution is 2.44. The van der Waals surface area contributed by atoms with Crippen molar-refractivity contribution in [2.24, 2.45) is 11.8 Å². The first kappa shape index (κ1) is 3.90. The summed E-state index contributed by atoms with van der Waals surface area (Å²) in [6.45, 7) is 3.59. The molecule has 1 heterocycles. The Balaban J connectivity index is 2.08. The van der Waals surface area contributed by atoms with E-state index in [9.17, 15) is 0 Å². The fraction of sp³-hybridized carbons (Fsp3) is 1.00. The molecular formula is C6H11N. The summed E-state index contributed by atoms with van der Waals surface area (Å²) in [4.78, 5) is 0. The Kier molecular flexibility index (Phi) is 0.571. The molecule has 1 aliphatic heterocycles. The van der Waals surface area contributed by atoms with E-state index in [-0.39, 0.29) is 0 Å². The number of nitrogens with one attached hydrogen (secondary N) is 1. The van der Waals surface area contributed by atoms with Crippen LogP contribution in [0.1, 0.15) is 13.3 Å². The van der Waals surface area contributed by atoms with Gasteiger partial charge in [-0.25, -0.2) is 0 Å². The third-order valence-electron chi connectivity index (χ3n) is 2.32. The van der Waals surface area contributed by atoms with Gasteiger partial charge >= 0.3 is 0 Å². The zero-order chi connectivity index (χ0) is 4.85. The molecule has 7 heavy (non-hydrogen) atoms. The maximum Gasteiger partial charge on any atom is 0.00703 e. The van der Waals surface area contributed by atoms with Crippen LogP contribution in [0.3, 0.4) is 0 Å². The van der Waals surface area contributed by atoms with Gasteiger partial charge in [-0.3, -0.25) is 0 Å². The smallest absolute Gasteiger partial charge is 0.00703 e. The van der Waals surface area contributed by atoms with E-state index in [4.69, 9.17) is 0 Å². The Morgan fingerprint density at radius 2 is 2.43 bits per heavy atom. The lowest BCUT2D eigenvalue weighted by Crippen LogP contribution is -2.21. The maximum absolute atomic E-state index is 3.42. The number of fused-ring (bicyclic) bond motifs is 1. The van der Waals surface area contributed by atoms with Crippen molar-refractivity contribution in [3.63, 3.8) is 0 Å². The molecule has 0 unspecified atom stereocenters. The van der Waals surface area contributed by atoms with Crippen molar-refractivity contribution in [2.75, 3.05) is 6.54 Å². The summed E-state index contributed by atoms with van der Waals surface area (Å²) < 4.78 is 0. The van der Waals surface area contributed by atoms with Crippen LogP contribution in [0.25, 0.3) is 0 Å². The van der Waals surface area contributed by atoms with Crippen molar-refractivity contribution in [3.8, 4) is 0 Å². The molecule has 0 aromatic rings. The van der Waals surface area contributed by atoms with Crippen molar-refractivity contribution in [1.82, 2.24) is 5.32 Å². The Morgan fingerprint density at radius 3 is 2.57 bits per heavy atom. The third-order valence-corrected chi connectivity index (χ3v) is 2.32. The fourth-order valence-electron chi connectivity index (χ4n) is 1.61. The lowest BCUT2D eigenvalue weighted by atomic mass is 10.2. The number of hydrogen-bond donors (Lipinski definition) is 1. The first-order valence-electron chi connectivity index (χ1n) is 3.11. The zero-order valence-corrected chi connectivity index (χ0v) is 4.65. The van der Waals surface area contributed by atoms with Crippen LogP contribution < -0.4 is 5.32 Å². The van der Waals surface area contributed by atoms with Crippen molar-refractivity contribution in [1.29, 1.82) is 0 Å². The van der Waals surface area contributed by atoms with E-state index in [0.717, 1.165) is 17.9 Å². The Labute approximate surface area is 44.1 Å². The summed E-state index contributed by atoms with van der Waals surface area (Å²) >= 11 is 0. The van der Waals surface area contributed by atoms with E-state index in [2.05, 4.69) is 12.2 Å². The van der Waals surface area contributed by atoms with Crippen LogP contribution in [0.5, 0.6) is 0 Å². The van der Waals surface area contributed by atoms with Crippen LogP contribution in [0.4, 0.5) is 0 Å². The van der Waals surface area contributed by atoms with Crippen molar-refractivity contribution in [2.45, 2.75) is 19.4 Å². The molecule has 0 amide bonds. The molecule has 2 rings (SSSR count). The summed E-state index contributed by atoms with van der Waals surface area (Å²) in [6.07, 6.45) is 1.51. The van der Waals surface area contributed by atoms with Gasteiger partial charge in [0.25, 0.3) is 0 Å². The predicted octanol–water partition coefficient (Wildman–Crippen LogP) is 0.614. The minimum absolute atomic E-state index is 0.838. The Hall–Kier alpha value is -0.0400. The SMILES string of the molecule is C[C@@H]1NC[C@H]2C[C@H]21. The molecule has 1 saturated carbocycles. The van der Waals surface area contributed by atoms with Gasteiger partial charge in [0.1, 0.15) is 0 Å². The van der Waals surface area contributed by atoms with Crippen LogP contribution in [0, 0.1) is 11.8 Å². The second kappa shape index (κ2) is 1.03. The van der Waals surface area contributed by atoms with E-state index in [1.165, 1.54) is 13.0 Å². The molecule has 1 nitrogen and oxygen atoms in total. The van der Waals surface area contributed by atoms with Gasteiger partial charge in [0.05, 0.1) is 0 Å². The van der Waals surface area contributed by atoms with E-state index in [1.54, 1.807) is 0 Å². The molecular weight excluding hydrogens is 86.1 g/mol. The van der Waals surface area contributed by atoms with Gasteiger partial charge in [0.2, 0.25) is 0 Å². The highest BCUT2D eigenvalue weighted by Gasteiger charge is 2.45. The summed E-state index contributed by atoms with van der Waals surface area (Å²) in [5.41, 5.74) is 0. The third kappa shape index (κ3) is 0.418. The molecule has 0 spiro atoms. The van der Waals surface area contributed by atoms with Crippen molar-refractivity contribution >= 4 is 0 Å². The fourth-order valence-corrected chi connectivity index (χ4v) is 1.61. The largest absolute Gasteiger partial charge is 0.314 e. The lowest BCUT2D eigenvalue weighted by Gasteiger charge is -2.01.